The van der Waals surface area contributed by atoms with E-state index in [1.807, 2.05) is 0 Å². The van der Waals surface area contributed by atoms with Crippen molar-refractivity contribution in [3.63, 3.8) is 0 Å². The number of ether oxygens (including phenoxy) is 3. The first-order valence-corrected chi connectivity index (χ1v) is 9.03. The van der Waals surface area contributed by atoms with Crippen molar-refractivity contribution in [3.05, 3.63) is 53.3 Å². The third-order valence-electron chi connectivity index (χ3n) is 4.50. The molecular weight excluding hydrogens is 365 g/mol. The molecule has 0 bridgehead atoms. The summed E-state index contributed by atoms with van der Waals surface area (Å²) in [6.45, 7) is 2.68. The van der Waals surface area contributed by atoms with Crippen molar-refractivity contribution in [2.75, 3.05) is 20.3 Å². The summed E-state index contributed by atoms with van der Waals surface area (Å²) in [5, 5.41) is 2.77. The van der Waals surface area contributed by atoms with Gasteiger partial charge < -0.3 is 19.5 Å². The first-order chi connectivity index (χ1) is 13.5. The summed E-state index contributed by atoms with van der Waals surface area (Å²) in [6.07, 6.45) is 0.103. The van der Waals surface area contributed by atoms with E-state index in [1.54, 1.807) is 31.2 Å². The molecule has 0 radical (unpaired) electrons. The Morgan fingerprint density at radius 1 is 1.11 bits per heavy atom. The van der Waals surface area contributed by atoms with E-state index in [-0.39, 0.29) is 30.3 Å². The molecule has 0 spiro atoms. The van der Waals surface area contributed by atoms with Crippen LogP contribution in [-0.4, -0.2) is 32.0 Å². The molecule has 2 aromatic rings. The van der Waals surface area contributed by atoms with E-state index in [2.05, 4.69) is 5.32 Å². The third-order valence-corrected chi connectivity index (χ3v) is 4.50. The zero-order valence-electron chi connectivity index (χ0n) is 15.8. The lowest BCUT2D eigenvalue weighted by molar-refractivity contribution is -0.121. The van der Waals surface area contributed by atoms with Gasteiger partial charge in [0.25, 0.3) is 0 Å². The van der Waals surface area contributed by atoms with Gasteiger partial charge >= 0.3 is 0 Å². The number of methoxy groups -OCH3 is 1. The van der Waals surface area contributed by atoms with Crippen molar-refractivity contribution in [3.8, 4) is 17.2 Å². The van der Waals surface area contributed by atoms with Crippen molar-refractivity contribution in [2.24, 2.45) is 0 Å². The Balaban J connectivity index is 1.53. The number of fused-ring (bicyclic) bond motifs is 1. The quantitative estimate of drug-likeness (QED) is 0.737. The standard InChI is InChI=1S/C21H22FNO5/c1-13(14-3-6-18(26-2)16(22)11-14)23-21(25)8-5-17(24)15-4-7-19-20(12-15)28-10-9-27-19/h3-4,6-7,11-13H,5,8-10H2,1-2H3,(H,23,25)/t13-/m0/s1. The highest BCUT2D eigenvalue weighted by molar-refractivity contribution is 5.98. The molecule has 0 saturated carbocycles. The topological polar surface area (TPSA) is 73.9 Å². The van der Waals surface area contributed by atoms with Crippen LogP contribution in [0.4, 0.5) is 4.39 Å². The number of halogens is 1. The first kappa shape index (κ1) is 19.7. The molecule has 1 amide bonds. The fourth-order valence-corrected chi connectivity index (χ4v) is 2.94. The highest BCUT2D eigenvalue weighted by Crippen LogP contribution is 2.31. The molecule has 1 heterocycles. The van der Waals surface area contributed by atoms with Crippen molar-refractivity contribution >= 4 is 11.7 Å². The lowest BCUT2D eigenvalue weighted by Crippen LogP contribution is -2.27. The van der Waals surface area contributed by atoms with Crippen molar-refractivity contribution in [1.82, 2.24) is 5.32 Å². The van der Waals surface area contributed by atoms with Gasteiger partial charge in [-0.15, -0.1) is 0 Å². The maximum absolute atomic E-state index is 13.8. The van der Waals surface area contributed by atoms with Crippen molar-refractivity contribution < 1.29 is 28.2 Å². The van der Waals surface area contributed by atoms with Crippen LogP contribution in [0.2, 0.25) is 0 Å². The third kappa shape index (κ3) is 4.60. The van der Waals surface area contributed by atoms with Gasteiger partial charge in [0.1, 0.15) is 13.2 Å². The summed E-state index contributed by atoms with van der Waals surface area (Å²) in [4.78, 5) is 24.5. The normalized spacial score (nSPS) is 13.5. The van der Waals surface area contributed by atoms with Crippen LogP contribution in [-0.2, 0) is 4.79 Å². The molecular formula is C21H22FNO5. The van der Waals surface area contributed by atoms with Crippen LogP contribution in [0.3, 0.4) is 0 Å². The monoisotopic (exact) mass is 387 g/mol. The molecule has 6 nitrogen and oxygen atoms in total. The predicted molar refractivity (Wildman–Crippen MR) is 101 cm³/mol. The maximum atomic E-state index is 13.8. The lowest BCUT2D eigenvalue weighted by Gasteiger charge is -2.18. The minimum atomic E-state index is -0.491. The maximum Gasteiger partial charge on any atom is 0.220 e. The second-order valence-corrected chi connectivity index (χ2v) is 6.46. The Kier molecular flexibility index (Phi) is 6.13. The molecule has 28 heavy (non-hydrogen) atoms. The molecule has 0 unspecified atom stereocenters. The summed E-state index contributed by atoms with van der Waals surface area (Å²) in [5.41, 5.74) is 1.09. The molecule has 2 aromatic carbocycles. The van der Waals surface area contributed by atoms with Gasteiger partial charge in [-0.3, -0.25) is 9.59 Å². The van der Waals surface area contributed by atoms with Crippen LogP contribution in [0, 0.1) is 5.82 Å². The van der Waals surface area contributed by atoms with E-state index < -0.39 is 11.9 Å². The molecule has 7 heteroatoms. The Morgan fingerprint density at radius 2 is 1.86 bits per heavy atom. The van der Waals surface area contributed by atoms with Crippen LogP contribution in [0.15, 0.2) is 36.4 Å². The van der Waals surface area contributed by atoms with E-state index >= 15 is 0 Å². The largest absolute Gasteiger partial charge is 0.494 e. The van der Waals surface area contributed by atoms with Gasteiger partial charge in [-0.25, -0.2) is 4.39 Å². The molecule has 0 aliphatic carbocycles. The van der Waals surface area contributed by atoms with E-state index in [9.17, 15) is 14.0 Å². The molecule has 0 fully saturated rings. The number of Topliss-reactive ketones (excluding diaryl/α,β-unsaturated/α-hetero) is 1. The Labute approximate surface area is 162 Å². The summed E-state index contributed by atoms with van der Waals surface area (Å²) in [7, 11) is 1.39. The van der Waals surface area contributed by atoms with Gasteiger partial charge in [0.05, 0.1) is 13.2 Å². The van der Waals surface area contributed by atoms with E-state index in [1.165, 1.54) is 19.2 Å². The van der Waals surface area contributed by atoms with E-state index in [0.29, 0.717) is 35.8 Å². The fraction of sp³-hybridized carbons (Fsp3) is 0.333. The molecule has 148 valence electrons. The summed E-state index contributed by atoms with van der Waals surface area (Å²) in [5.74, 6) is 0.366. The Bertz CT molecular complexity index is 883. The summed E-state index contributed by atoms with van der Waals surface area (Å²) in [6, 6.07) is 9.13. The zero-order valence-corrected chi connectivity index (χ0v) is 15.8. The second-order valence-electron chi connectivity index (χ2n) is 6.46. The van der Waals surface area contributed by atoms with Crippen LogP contribution in [0.1, 0.15) is 41.7 Å². The average Bonchev–Trinajstić information content (AvgIpc) is 2.71. The van der Waals surface area contributed by atoms with Gasteiger partial charge in [0, 0.05) is 18.4 Å². The van der Waals surface area contributed by atoms with E-state index in [0.717, 1.165) is 0 Å². The second kappa shape index (κ2) is 8.73. The summed E-state index contributed by atoms with van der Waals surface area (Å²) < 4.78 is 29.6. The fourth-order valence-electron chi connectivity index (χ4n) is 2.94. The minimum Gasteiger partial charge on any atom is -0.494 e. The van der Waals surface area contributed by atoms with Crippen LogP contribution in [0.5, 0.6) is 17.2 Å². The average molecular weight is 387 g/mol. The zero-order chi connectivity index (χ0) is 20.1. The number of carbonyl (C=O) groups is 2. The molecule has 0 saturated heterocycles. The van der Waals surface area contributed by atoms with Gasteiger partial charge in [-0.2, -0.15) is 0 Å². The summed E-state index contributed by atoms with van der Waals surface area (Å²) >= 11 is 0. The Hall–Kier alpha value is -3.09. The number of carbonyl (C=O) groups excluding carboxylic acids is 2. The van der Waals surface area contributed by atoms with Crippen LogP contribution < -0.4 is 19.5 Å². The molecule has 1 N–H and O–H groups in total. The number of benzene rings is 2. The SMILES string of the molecule is COc1ccc([C@H](C)NC(=O)CCC(=O)c2ccc3c(c2)OCCO3)cc1F. The van der Waals surface area contributed by atoms with Gasteiger partial charge in [-0.1, -0.05) is 6.07 Å². The van der Waals surface area contributed by atoms with E-state index in [4.69, 9.17) is 14.2 Å². The number of rotatable bonds is 7. The van der Waals surface area contributed by atoms with Crippen LogP contribution in [0.25, 0.3) is 0 Å². The highest BCUT2D eigenvalue weighted by Gasteiger charge is 2.17. The van der Waals surface area contributed by atoms with Gasteiger partial charge in [-0.05, 0) is 42.8 Å². The molecule has 1 aliphatic heterocycles. The predicted octanol–water partition coefficient (Wildman–Crippen LogP) is 3.45. The molecule has 1 atom stereocenters. The van der Waals surface area contributed by atoms with Gasteiger partial charge in [0.15, 0.2) is 28.8 Å². The minimum absolute atomic E-state index is 0.0379. The molecule has 3 rings (SSSR count). The van der Waals surface area contributed by atoms with Gasteiger partial charge in [0.2, 0.25) is 5.91 Å². The number of nitrogens with one attached hydrogen (secondary N) is 1. The number of amides is 1. The smallest absolute Gasteiger partial charge is 0.220 e. The Morgan fingerprint density at radius 3 is 2.57 bits per heavy atom. The number of hydrogen-bond donors (Lipinski definition) is 1. The number of hydrogen-bond acceptors (Lipinski definition) is 5. The first-order valence-electron chi connectivity index (χ1n) is 9.03. The number of ketones is 1. The lowest BCUT2D eigenvalue weighted by atomic mass is 10.0. The van der Waals surface area contributed by atoms with Crippen molar-refractivity contribution in [1.29, 1.82) is 0 Å². The highest BCUT2D eigenvalue weighted by atomic mass is 19.1. The van der Waals surface area contributed by atoms with Crippen LogP contribution >= 0.6 is 0 Å². The van der Waals surface area contributed by atoms with Crippen molar-refractivity contribution in [2.45, 2.75) is 25.8 Å². The molecule has 0 aromatic heterocycles. The molecule has 1 aliphatic rings.